The number of aromatic nitrogens is 1. The zero-order chi connectivity index (χ0) is 14.6. The van der Waals surface area contributed by atoms with Crippen LogP contribution in [0.5, 0.6) is 0 Å². The minimum absolute atomic E-state index is 0.240. The van der Waals surface area contributed by atoms with Gasteiger partial charge in [0, 0.05) is 18.0 Å². The minimum Gasteiger partial charge on any atom is -0.450 e. The van der Waals surface area contributed by atoms with Crippen LogP contribution >= 0.6 is 0 Å². The fourth-order valence-electron chi connectivity index (χ4n) is 1.15. The zero-order valence-corrected chi connectivity index (χ0v) is 10.0. The van der Waals surface area contributed by atoms with Gasteiger partial charge in [-0.3, -0.25) is 4.98 Å². The lowest BCUT2D eigenvalue weighted by Gasteiger charge is -2.18. The predicted octanol–water partition coefficient (Wildman–Crippen LogP) is 2.17. The van der Waals surface area contributed by atoms with Crippen LogP contribution in [0.15, 0.2) is 36.7 Å². The van der Waals surface area contributed by atoms with Gasteiger partial charge in [-0.1, -0.05) is 12.6 Å². The van der Waals surface area contributed by atoms with Crippen LogP contribution in [0, 0.1) is 0 Å². The molecule has 0 aliphatic carbocycles. The Balaban J connectivity index is 2.71. The van der Waals surface area contributed by atoms with Gasteiger partial charge in [-0.05, 0) is 13.0 Å². The lowest BCUT2D eigenvalue weighted by atomic mass is 10.1. The molecule has 1 rings (SSSR count). The van der Waals surface area contributed by atoms with E-state index in [-0.39, 0.29) is 5.56 Å². The standard InChI is InChI=1S/C12H12F3NO3/c1-7(10(17)9-4-3-5-16-6-9)11(18)19-8(2)12(13,14)15/h3-6,8,10,17H,1H2,2H3. The number of esters is 1. The van der Waals surface area contributed by atoms with E-state index in [9.17, 15) is 23.1 Å². The summed E-state index contributed by atoms with van der Waals surface area (Å²) in [5.41, 5.74) is -0.242. The number of aliphatic hydroxyl groups is 1. The number of hydrogen-bond donors (Lipinski definition) is 1. The number of aliphatic hydroxyl groups excluding tert-OH is 1. The van der Waals surface area contributed by atoms with Crippen molar-refractivity contribution >= 4 is 5.97 Å². The van der Waals surface area contributed by atoms with Gasteiger partial charge in [0.2, 0.25) is 0 Å². The second-order valence-electron chi connectivity index (χ2n) is 3.80. The van der Waals surface area contributed by atoms with E-state index >= 15 is 0 Å². The van der Waals surface area contributed by atoms with Gasteiger partial charge in [-0.25, -0.2) is 4.79 Å². The molecule has 0 aliphatic rings. The van der Waals surface area contributed by atoms with Crippen molar-refractivity contribution in [2.45, 2.75) is 25.3 Å². The zero-order valence-electron chi connectivity index (χ0n) is 10.0. The number of carbonyl (C=O) groups excluding carboxylic acids is 1. The van der Waals surface area contributed by atoms with Crippen molar-refractivity contribution < 1.29 is 27.8 Å². The van der Waals surface area contributed by atoms with E-state index in [1.54, 1.807) is 0 Å². The first-order valence-corrected chi connectivity index (χ1v) is 5.28. The van der Waals surface area contributed by atoms with Gasteiger partial charge in [0.1, 0.15) is 6.10 Å². The molecule has 0 fully saturated rings. The number of rotatable bonds is 4. The van der Waals surface area contributed by atoms with E-state index in [1.807, 2.05) is 0 Å². The van der Waals surface area contributed by atoms with Crippen LogP contribution in [0.1, 0.15) is 18.6 Å². The highest BCUT2D eigenvalue weighted by Gasteiger charge is 2.39. The summed E-state index contributed by atoms with van der Waals surface area (Å²) < 4.78 is 40.8. The van der Waals surface area contributed by atoms with E-state index < -0.39 is 29.9 Å². The molecule has 4 nitrogen and oxygen atoms in total. The SMILES string of the molecule is C=C(C(=O)OC(C)C(F)(F)F)C(O)c1cccnc1. The Labute approximate surface area is 107 Å². The van der Waals surface area contributed by atoms with Crippen molar-refractivity contribution in [1.29, 1.82) is 0 Å². The highest BCUT2D eigenvalue weighted by molar-refractivity contribution is 5.89. The number of pyridine rings is 1. The summed E-state index contributed by atoms with van der Waals surface area (Å²) in [5, 5.41) is 9.75. The molecule has 1 N–H and O–H groups in total. The Kier molecular flexibility index (Phi) is 4.66. The first kappa shape index (κ1) is 15.2. The number of ether oxygens (including phenoxy) is 1. The Morgan fingerprint density at radius 1 is 1.53 bits per heavy atom. The van der Waals surface area contributed by atoms with Crippen LogP contribution < -0.4 is 0 Å². The first-order chi connectivity index (χ1) is 8.73. The van der Waals surface area contributed by atoms with Crippen LogP contribution in [0.2, 0.25) is 0 Å². The Hall–Kier alpha value is -1.89. The predicted molar refractivity (Wildman–Crippen MR) is 59.9 cm³/mol. The molecule has 0 bridgehead atoms. The van der Waals surface area contributed by atoms with Gasteiger partial charge >= 0.3 is 12.1 Å². The third-order valence-electron chi connectivity index (χ3n) is 2.34. The van der Waals surface area contributed by atoms with Gasteiger partial charge in [0.25, 0.3) is 0 Å². The van der Waals surface area contributed by atoms with Gasteiger partial charge in [-0.2, -0.15) is 13.2 Å². The third-order valence-corrected chi connectivity index (χ3v) is 2.34. The van der Waals surface area contributed by atoms with E-state index in [4.69, 9.17) is 0 Å². The Morgan fingerprint density at radius 3 is 2.63 bits per heavy atom. The van der Waals surface area contributed by atoms with Crippen molar-refractivity contribution in [3.05, 3.63) is 42.2 Å². The maximum atomic E-state index is 12.2. The molecule has 2 unspecified atom stereocenters. The average molecular weight is 275 g/mol. The maximum Gasteiger partial charge on any atom is 0.425 e. The lowest BCUT2D eigenvalue weighted by Crippen LogP contribution is -2.32. The topological polar surface area (TPSA) is 59.4 Å². The number of nitrogens with zero attached hydrogens (tertiary/aromatic N) is 1. The number of carbonyl (C=O) groups is 1. The molecule has 0 amide bonds. The summed E-state index contributed by atoms with van der Waals surface area (Å²) in [6, 6.07) is 2.97. The van der Waals surface area contributed by atoms with Gasteiger partial charge < -0.3 is 9.84 Å². The number of alkyl halides is 3. The van der Waals surface area contributed by atoms with E-state index in [0.29, 0.717) is 6.92 Å². The normalized spacial score (nSPS) is 14.6. The summed E-state index contributed by atoms with van der Waals surface area (Å²) in [4.78, 5) is 15.1. The second-order valence-corrected chi connectivity index (χ2v) is 3.80. The molecular weight excluding hydrogens is 263 g/mol. The van der Waals surface area contributed by atoms with Crippen LogP contribution in [0.3, 0.4) is 0 Å². The molecule has 0 aliphatic heterocycles. The lowest BCUT2D eigenvalue weighted by molar-refractivity contribution is -0.214. The smallest absolute Gasteiger partial charge is 0.425 e. The van der Waals surface area contributed by atoms with Gasteiger partial charge in [-0.15, -0.1) is 0 Å². The van der Waals surface area contributed by atoms with E-state index in [0.717, 1.165) is 0 Å². The molecule has 2 atom stereocenters. The van der Waals surface area contributed by atoms with Crippen molar-refractivity contribution in [2.24, 2.45) is 0 Å². The largest absolute Gasteiger partial charge is 0.450 e. The quantitative estimate of drug-likeness (QED) is 0.675. The summed E-state index contributed by atoms with van der Waals surface area (Å²) in [6.07, 6.45) is -5.66. The summed E-state index contributed by atoms with van der Waals surface area (Å²) >= 11 is 0. The van der Waals surface area contributed by atoms with Gasteiger partial charge in [0.15, 0.2) is 6.10 Å². The molecular formula is C12H12F3NO3. The molecule has 7 heteroatoms. The van der Waals surface area contributed by atoms with Crippen LogP contribution in [0.4, 0.5) is 13.2 Å². The average Bonchev–Trinajstić information content (AvgIpc) is 2.36. The summed E-state index contributed by atoms with van der Waals surface area (Å²) in [7, 11) is 0. The van der Waals surface area contributed by atoms with Crippen LogP contribution in [-0.2, 0) is 9.53 Å². The third kappa shape index (κ3) is 4.06. The van der Waals surface area contributed by atoms with Crippen molar-refractivity contribution in [1.82, 2.24) is 4.98 Å². The monoisotopic (exact) mass is 275 g/mol. The molecule has 0 aromatic carbocycles. The maximum absolute atomic E-state index is 12.2. The number of hydrogen-bond acceptors (Lipinski definition) is 4. The molecule has 1 aromatic rings. The molecule has 1 aromatic heterocycles. The molecule has 0 spiro atoms. The highest BCUT2D eigenvalue weighted by atomic mass is 19.4. The number of halogens is 3. The Bertz CT molecular complexity index is 459. The van der Waals surface area contributed by atoms with E-state index in [1.165, 1.54) is 24.5 Å². The molecule has 0 radical (unpaired) electrons. The molecule has 19 heavy (non-hydrogen) atoms. The van der Waals surface area contributed by atoms with Crippen LogP contribution in [-0.4, -0.2) is 28.3 Å². The fraction of sp³-hybridized carbons (Fsp3) is 0.333. The van der Waals surface area contributed by atoms with Gasteiger partial charge in [0.05, 0.1) is 5.57 Å². The van der Waals surface area contributed by atoms with Crippen LogP contribution in [0.25, 0.3) is 0 Å². The van der Waals surface area contributed by atoms with Crippen molar-refractivity contribution in [3.63, 3.8) is 0 Å². The summed E-state index contributed by atoms with van der Waals surface area (Å²) in [5.74, 6) is -1.30. The van der Waals surface area contributed by atoms with Crippen molar-refractivity contribution in [2.75, 3.05) is 0 Å². The Morgan fingerprint density at radius 2 is 2.16 bits per heavy atom. The minimum atomic E-state index is -4.66. The van der Waals surface area contributed by atoms with Crippen molar-refractivity contribution in [3.8, 4) is 0 Å². The molecule has 0 saturated carbocycles. The highest BCUT2D eigenvalue weighted by Crippen LogP contribution is 2.25. The molecule has 0 saturated heterocycles. The summed E-state index contributed by atoms with van der Waals surface area (Å²) in [6.45, 7) is 3.94. The molecule has 104 valence electrons. The molecule has 1 heterocycles. The fourth-order valence-corrected chi connectivity index (χ4v) is 1.15. The first-order valence-electron chi connectivity index (χ1n) is 5.28. The second kappa shape index (κ2) is 5.83. The van der Waals surface area contributed by atoms with E-state index in [2.05, 4.69) is 16.3 Å².